The molecule has 0 aliphatic carbocycles. The summed E-state index contributed by atoms with van der Waals surface area (Å²) in [7, 11) is 0. The minimum Gasteiger partial charge on any atom is -0.330 e. The van der Waals surface area contributed by atoms with E-state index in [1.165, 1.54) is 23.9 Å². The zero-order chi connectivity index (χ0) is 13.9. The van der Waals surface area contributed by atoms with E-state index in [0.717, 1.165) is 16.1 Å². The number of pyridine rings is 1. The lowest BCUT2D eigenvalue weighted by Crippen LogP contribution is -2.03. The topological polar surface area (TPSA) is 56.2 Å². The fraction of sp³-hybridized carbons (Fsp3) is 0.143. The Morgan fingerprint density at radius 2 is 2.10 bits per heavy atom. The molecule has 20 heavy (non-hydrogen) atoms. The van der Waals surface area contributed by atoms with Gasteiger partial charge in [0.2, 0.25) is 0 Å². The molecule has 0 saturated carbocycles. The van der Waals surface area contributed by atoms with Gasteiger partial charge in [0.25, 0.3) is 0 Å². The molecule has 0 spiro atoms. The maximum atomic E-state index is 13.6. The van der Waals surface area contributed by atoms with Gasteiger partial charge in [0.15, 0.2) is 10.8 Å². The lowest BCUT2D eigenvalue weighted by molar-refractivity contribution is 0.621. The summed E-state index contributed by atoms with van der Waals surface area (Å²) in [6, 6.07) is 10.6. The number of rotatable bonds is 4. The van der Waals surface area contributed by atoms with Crippen LogP contribution in [-0.2, 0) is 6.42 Å². The fourth-order valence-corrected chi connectivity index (χ4v) is 2.91. The Bertz CT molecular complexity index is 741. The van der Waals surface area contributed by atoms with E-state index in [9.17, 15) is 4.39 Å². The molecule has 0 fully saturated rings. The Morgan fingerprint density at radius 3 is 2.95 bits per heavy atom. The Morgan fingerprint density at radius 1 is 1.20 bits per heavy atom. The standard InChI is InChI=1S/C14H13FN4S/c15-11-7-10(4-5-16)8-12(9-11)20-14-18-17-13-3-1-2-6-19(13)14/h1-3,6-9H,4-5,16H2. The second-order valence-corrected chi connectivity index (χ2v) is 5.39. The number of nitrogens with two attached hydrogens (primary N) is 1. The van der Waals surface area contributed by atoms with Gasteiger partial charge in [-0.3, -0.25) is 4.40 Å². The van der Waals surface area contributed by atoms with Crippen molar-refractivity contribution in [1.29, 1.82) is 0 Å². The van der Waals surface area contributed by atoms with E-state index in [4.69, 9.17) is 5.73 Å². The second kappa shape index (κ2) is 5.60. The van der Waals surface area contributed by atoms with Crippen LogP contribution in [0.2, 0.25) is 0 Å². The van der Waals surface area contributed by atoms with Gasteiger partial charge in [0.1, 0.15) is 5.82 Å². The van der Waals surface area contributed by atoms with E-state index in [2.05, 4.69) is 10.2 Å². The molecule has 0 saturated heterocycles. The molecular weight excluding hydrogens is 275 g/mol. The molecule has 0 bridgehead atoms. The molecule has 0 atom stereocenters. The van der Waals surface area contributed by atoms with Crippen molar-refractivity contribution in [3.63, 3.8) is 0 Å². The molecule has 0 unspecified atom stereocenters. The summed E-state index contributed by atoms with van der Waals surface area (Å²) in [6.07, 6.45) is 2.55. The van der Waals surface area contributed by atoms with E-state index in [1.807, 2.05) is 34.9 Å². The Labute approximate surface area is 119 Å². The lowest BCUT2D eigenvalue weighted by Gasteiger charge is -2.04. The van der Waals surface area contributed by atoms with Crippen LogP contribution in [0.1, 0.15) is 5.56 Å². The molecule has 0 aliphatic heterocycles. The Balaban J connectivity index is 1.94. The molecule has 0 radical (unpaired) electrons. The van der Waals surface area contributed by atoms with E-state index >= 15 is 0 Å². The van der Waals surface area contributed by atoms with Crippen LogP contribution in [0, 0.1) is 5.82 Å². The molecule has 4 nitrogen and oxygen atoms in total. The van der Waals surface area contributed by atoms with Gasteiger partial charge in [-0.2, -0.15) is 0 Å². The molecule has 2 heterocycles. The van der Waals surface area contributed by atoms with E-state index < -0.39 is 0 Å². The minimum atomic E-state index is -0.257. The predicted octanol–water partition coefficient (Wildman–Crippen LogP) is 2.52. The molecule has 2 aromatic heterocycles. The highest BCUT2D eigenvalue weighted by Crippen LogP contribution is 2.28. The average molecular weight is 288 g/mol. The van der Waals surface area contributed by atoms with Crippen molar-refractivity contribution in [3.05, 3.63) is 54.0 Å². The first-order valence-electron chi connectivity index (χ1n) is 6.23. The van der Waals surface area contributed by atoms with E-state index in [1.54, 1.807) is 0 Å². The predicted molar refractivity (Wildman–Crippen MR) is 76.3 cm³/mol. The number of nitrogens with zero attached hydrogens (tertiary/aromatic N) is 3. The van der Waals surface area contributed by atoms with Crippen LogP contribution < -0.4 is 5.73 Å². The Kier molecular flexibility index (Phi) is 3.66. The number of hydrogen-bond acceptors (Lipinski definition) is 4. The molecule has 1 aromatic carbocycles. The maximum absolute atomic E-state index is 13.6. The van der Waals surface area contributed by atoms with Gasteiger partial charge in [0, 0.05) is 11.1 Å². The highest BCUT2D eigenvalue weighted by Gasteiger charge is 2.08. The number of aromatic nitrogens is 3. The van der Waals surface area contributed by atoms with Crippen molar-refractivity contribution in [2.75, 3.05) is 6.54 Å². The van der Waals surface area contributed by atoms with Gasteiger partial charge in [-0.15, -0.1) is 10.2 Å². The van der Waals surface area contributed by atoms with Crippen molar-refractivity contribution in [3.8, 4) is 0 Å². The summed E-state index contributed by atoms with van der Waals surface area (Å²) in [5.74, 6) is -0.257. The Hall–Kier alpha value is -1.92. The highest BCUT2D eigenvalue weighted by atomic mass is 32.2. The molecule has 2 N–H and O–H groups in total. The minimum absolute atomic E-state index is 0.257. The zero-order valence-corrected chi connectivity index (χ0v) is 11.5. The first-order valence-corrected chi connectivity index (χ1v) is 7.05. The van der Waals surface area contributed by atoms with Gasteiger partial charge < -0.3 is 5.73 Å². The summed E-state index contributed by atoms with van der Waals surface area (Å²) < 4.78 is 15.5. The highest BCUT2D eigenvalue weighted by molar-refractivity contribution is 7.99. The molecular formula is C14H13FN4S. The second-order valence-electron chi connectivity index (χ2n) is 4.35. The molecule has 0 amide bonds. The number of benzene rings is 1. The van der Waals surface area contributed by atoms with Gasteiger partial charge in [-0.25, -0.2) is 4.39 Å². The SMILES string of the molecule is NCCc1cc(F)cc(Sc2nnc3ccccn23)c1. The van der Waals surface area contributed by atoms with Crippen molar-refractivity contribution in [2.24, 2.45) is 5.73 Å². The summed E-state index contributed by atoms with van der Waals surface area (Å²) in [5, 5.41) is 8.91. The van der Waals surface area contributed by atoms with Crippen molar-refractivity contribution < 1.29 is 4.39 Å². The largest absolute Gasteiger partial charge is 0.330 e. The van der Waals surface area contributed by atoms with Crippen LogP contribution in [-0.4, -0.2) is 21.1 Å². The number of halogens is 1. The normalized spacial score (nSPS) is 11.1. The maximum Gasteiger partial charge on any atom is 0.200 e. The molecule has 6 heteroatoms. The third kappa shape index (κ3) is 2.66. The van der Waals surface area contributed by atoms with Gasteiger partial charge in [-0.1, -0.05) is 6.07 Å². The van der Waals surface area contributed by atoms with E-state index in [-0.39, 0.29) is 5.82 Å². The van der Waals surface area contributed by atoms with Crippen LogP contribution in [0.25, 0.3) is 5.65 Å². The van der Waals surface area contributed by atoms with Crippen molar-refractivity contribution in [2.45, 2.75) is 16.5 Å². The van der Waals surface area contributed by atoms with Gasteiger partial charge in [0.05, 0.1) is 0 Å². The molecule has 0 aliphatic rings. The number of hydrogen-bond donors (Lipinski definition) is 1. The zero-order valence-electron chi connectivity index (χ0n) is 10.7. The van der Waals surface area contributed by atoms with Crippen LogP contribution >= 0.6 is 11.8 Å². The summed E-state index contributed by atoms with van der Waals surface area (Å²) in [5.41, 5.74) is 7.18. The third-order valence-corrected chi connectivity index (χ3v) is 3.79. The molecule has 102 valence electrons. The fourth-order valence-electron chi connectivity index (χ4n) is 1.99. The molecule has 3 aromatic rings. The van der Waals surface area contributed by atoms with Crippen LogP contribution in [0.3, 0.4) is 0 Å². The smallest absolute Gasteiger partial charge is 0.200 e. The van der Waals surface area contributed by atoms with Crippen LogP contribution in [0.5, 0.6) is 0 Å². The van der Waals surface area contributed by atoms with Crippen molar-refractivity contribution >= 4 is 17.4 Å². The molecule has 3 rings (SSSR count). The van der Waals surface area contributed by atoms with Gasteiger partial charge >= 0.3 is 0 Å². The average Bonchev–Trinajstić information content (AvgIpc) is 2.82. The summed E-state index contributed by atoms with van der Waals surface area (Å²) >= 11 is 1.39. The third-order valence-electron chi connectivity index (χ3n) is 2.86. The van der Waals surface area contributed by atoms with Gasteiger partial charge in [-0.05, 0) is 60.6 Å². The number of fused-ring (bicyclic) bond motifs is 1. The van der Waals surface area contributed by atoms with Crippen molar-refractivity contribution in [1.82, 2.24) is 14.6 Å². The first kappa shape index (κ1) is 13.1. The van der Waals surface area contributed by atoms with Crippen LogP contribution in [0.4, 0.5) is 4.39 Å². The monoisotopic (exact) mass is 288 g/mol. The van der Waals surface area contributed by atoms with Crippen LogP contribution in [0.15, 0.2) is 52.6 Å². The van der Waals surface area contributed by atoms with E-state index in [0.29, 0.717) is 18.1 Å². The lowest BCUT2D eigenvalue weighted by atomic mass is 10.1. The summed E-state index contributed by atoms with van der Waals surface area (Å²) in [6.45, 7) is 0.501. The first-order chi connectivity index (χ1) is 9.76. The quantitative estimate of drug-likeness (QED) is 0.801. The summed E-state index contributed by atoms with van der Waals surface area (Å²) in [4.78, 5) is 0.798.